The van der Waals surface area contributed by atoms with Crippen LogP contribution in [0.25, 0.3) is 0 Å². The van der Waals surface area contributed by atoms with E-state index in [-0.39, 0.29) is 0 Å². The van der Waals surface area contributed by atoms with E-state index >= 15 is 0 Å². The number of hydrogen-bond acceptors (Lipinski definition) is 3. The summed E-state index contributed by atoms with van der Waals surface area (Å²) in [5.74, 6) is 0.945. The first kappa shape index (κ1) is 6.78. The van der Waals surface area contributed by atoms with Crippen LogP contribution in [0.15, 0.2) is 0 Å². The van der Waals surface area contributed by atoms with Crippen LogP contribution in [-0.4, -0.2) is 12.2 Å². The Morgan fingerprint density at radius 1 is 1.86 bits per heavy atom. The lowest BCUT2D eigenvalue weighted by Gasteiger charge is -1.93. The van der Waals surface area contributed by atoms with Crippen LogP contribution >= 0.6 is 11.9 Å². The number of hydrogen-bond donors (Lipinski definition) is 2. The highest BCUT2D eigenvalue weighted by molar-refractivity contribution is 7.97. The Morgan fingerprint density at radius 2 is 2.57 bits per heavy atom. The summed E-state index contributed by atoms with van der Waals surface area (Å²) in [6, 6.07) is 0. The van der Waals surface area contributed by atoms with Crippen molar-refractivity contribution in [2.75, 3.05) is 5.75 Å². The average Bonchev–Trinajstić information content (AvgIpc) is 1.69. The van der Waals surface area contributed by atoms with Crippen LogP contribution in [0.5, 0.6) is 0 Å². The van der Waals surface area contributed by atoms with E-state index in [0.29, 0.717) is 6.41 Å². The second-order valence-electron chi connectivity index (χ2n) is 0.797. The van der Waals surface area contributed by atoms with E-state index < -0.39 is 0 Å². The van der Waals surface area contributed by atoms with Crippen molar-refractivity contribution in [3.63, 3.8) is 0 Å². The van der Waals surface area contributed by atoms with Crippen molar-refractivity contribution < 1.29 is 4.79 Å². The normalized spacial score (nSPS) is 8.14. The van der Waals surface area contributed by atoms with Crippen molar-refractivity contribution in [2.24, 2.45) is 0 Å². The maximum atomic E-state index is 9.49. The summed E-state index contributed by atoms with van der Waals surface area (Å²) in [5.41, 5.74) is 2.28. The molecule has 42 valence electrons. The van der Waals surface area contributed by atoms with Gasteiger partial charge in [-0.25, -0.2) is 0 Å². The van der Waals surface area contributed by atoms with Crippen LogP contribution in [0, 0.1) is 0 Å². The number of carbonyl (C=O) groups is 1. The number of rotatable bonds is 4. The Hall–Kier alpha value is -0.220. The van der Waals surface area contributed by atoms with Crippen LogP contribution in [0.3, 0.4) is 0 Å². The number of hydrazine groups is 1. The molecule has 0 fully saturated rings. The van der Waals surface area contributed by atoms with Crippen LogP contribution in [0.4, 0.5) is 0 Å². The number of nitrogens with one attached hydrogen (secondary N) is 2. The van der Waals surface area contributed by atoms with Crippen molar-refractivity contribution >= 4 is 18.4 Å². The molecule has 0 rings (SSSR count). The summed E-state index contributed by atoms with van der Waals surface area (Å²) in [5, 5.41) is 0. The maximum Gasteiger partial charge on any atom is 0.221 e. The van der Waals surface area contributed by atoms with Crippen LogP contribution in [0.2, 0.25) is 0 Å². The van der Waals surface area contributed by atoms with Gasteiger partial charge in [-0.1, -0.05) is 18.9 Å². The predicted octanol–water partition coefficient (Wildman–Crippen LogP) is -0.0949. The highest BCUT2D eigenvalue weighted by atomic mass is 32.2. The van der Waals surface area contributed by atoms with Gasteiger partial charge in [0.05, 0.1) is 0 Å². The maximum absolute atomic E-state index is 9.49. The molecule has 0 aliphatic carbocycles. The van der Waals surface area contributed by atoms with Crippen LogP contribution < -0.4 is 10.3 Å². The molecule has 0 saturated carbocycles. The average molecular weight is 120 g/mol. The van der Waals surface area contributed by atoms with Gasteiger partial charge in [0.15, 0.2) is 0 Å². The molecule has 1 amide bonds. The molecule has 0 aromatic rings. The Morgan fingerprint density at radius 3 is 3.00 bits per heavy atom. The van der Waals surface area contributed by atoms with Gasteiger partial charge in [0.2, 0.25) is 6.41 Å². The van der Waals surface area contributed by atoms with E-state index in [1.165, 1.54) is 11.9 Å². The van der Waals surface area contributed by atoms with E-state index in [1.54, 1.807) is 0 Å². The zero-order chi connectivity index (χ0) is 5.54. The Labute approximate surface area is 47.0 Å². The minimum atomic E-state index is 0.600. The molecule has 0 bridgehead atoms. The van der Waals surface area contributed by atoms with Crippen molar-refractivity contribution in [1.82, 2.24) is 10.3 Å². The molecular formula is C3H8N2OS. The molecule has 0 unspecified atom stereocenters. The summed E-state index contributed by atoms with van der Waals surface area (Å²) in [6.07, 6.45) is 0.600. The third-order valence-corrected chi connectivity index (χ3v) is 0.885. The van der Waals surface area contributed by atoms with Gasteiger partial charge in [0.1, 0.15) is 0 Å². The van der Waals surface area contributed by atoms with Crippen molar-refractivity contribution in [1.29, 1.82) is 0 Å². The molecule has 0 aromatic heterocycles. The number of carbonyl (C=O) groups excluding carboxylic acids is 1. The minimum absolute atomic E-state index is 0.600. The van der Waals surface area contributed by atoms with Gasteiger partial charge >= 0.3 is 0 Å². The summed E-state index contributed by atoms with van der Waals surface area (Å²) in [7, 11) is 0. The number of amides is 1. The predicted molar refractivity (Wildman–Crippen MR) is 30.5 cm³/mol. The van der Waals surface area contributed by atoms with Crippen molar-refractivity contribution in [2.45, 2.75) is 6.92 Å². The Kier molecular flexibility index (Phi) is 5.60. The summed E-state index contributed by atoms with van der Waals surface area (Å²) in [6.45, 7) is 1.99. The minimum Gasteiger partial charge on any atom is -0.284 e. The summed E-state index contributed by atoms with van der Waals surface area (Å²) < 4.78 is 0. The molecule has 0 heterocycles. The van der Waals surface area contributed by atoms with Crippen molar-refractivity contribution in [3.8, 4) is 0 Å². The van der Waals surface area contributed by atoms with Gasteiger partial charge in [-0.2, -0.15) is 4.83 Å². The first-order valence-electron chi connectivity index (χ1n) is 1.97. The third kappa shape index (κ3) is 5.78. The Bertz CT molecular complexity index is 50.2. The molecule has 7 heavy (non-hydrogen) atoms. The van der Waals surface area contributed by atoms with E-state index in [9.17, 15) is 4.79 Å². The molecule has 0 spiro atoms. The highest BCUT2D eigenvalue weighted by Gasteiger charge is 1.73. The lowest BCUT2D eigenvalue weighted by atomic mass is 11.0. The molecule has 2 N–H and O–H groups in total. The zero-order valence-corrected chi connectivity index (χ0v) is 4.92. The topological polar surface area (TPSA) is 41.1 Å². The van der Waals surface area contributed by atoms with E-state index in [2.05, 4.69) is 10.3 Å². The summed E-state index contributed by atoms with van der Waals surface area (Å²) in [4.78, 5) is 12.1. The lowest BCUT2D eigenvalue weighted by Crippen LogP contribution is -2.23. The van der Waals surface area contributed by atoms with Crippen LogP contribution in [0.1, 0.15) is 6.92 Å². The SMILES string of the molecule is CCSNNC=O. The zero-order valence-electron chi connectivity index (χ0n) is 4.10. The standard InChI is InChI=1S/C3H8N2OS/c1-2-7-5-4-3-6/h3,5H,2H2,1H3,(H,4,6). The largest absolute Gasteiger partial charge is 0.284 e. The quantitative estimate of drug-likeness (QED) is 0.236. The fourth-order valence-electron chi connectivity index (χ4n) is 0.138. The van der Waals surface area contributed by atoms with Gasteiger partial charge in [0, 0.05) is 5.75 Å². The highest BCUT2D eigenvalue weighted by Crippen LogP contribution is 1.83. The summed E-state index contributed by atoms with van der Waals surface area (Å²) >= 11 is 1.44. The fraction of sp³-hybridized carbons (Fsp3) is 0.667. The Balaban J connectivity index is 2.56. The molecule has 3 nitrogen and oxygen atoms in total. The van der Waals surface area contributed by atoms with Gasteiger partial charge in [-0.3, -0.25) is 10.2 Å². The molecule has 0 saturated heterocycles. The van der Waals surface area contributed by atoms with Gasteiger partial charge in [-0.15, -0.1) is 0 Å². The smallest absolute Gasteiger partial charge is 0.221 e. The second-order valence-corrected chi connectivity index (χ2v) is 1.87. The van der Waals surface area contributed by atoms with E-state index in [4.69, 9.17) is 0 Å². The molecular weight excluding hydrogens is 112 g/mol. The fourth-order valence-corrected chi connectivity index (χ4v) is 0.414. The van der Waals surface area contributed by atoms with E-state index in [1.807, 2.05) is 6.92 Å². The molecule has 4 heteroatoms. The first-order chi connectivity index (χ1) is 3.41. The van der Waals surface area contributed by atoms with E-state index in [0.717, 1.165) is 5.75 Å². The molecule has 0 aliphatic rings. The van der Waals surface area contributed by atoms with Gasteiger partial charge in [-0.05, 0) is 0 Å². The molecule has 0 radical (unpaired) electrons. The lowest BCUT2D eigenvalue weighted by molar-refractivity contribution is -0.109. The second kappa shape index (κ2) is 5.78. The molecule has 0 aromatic carbocycles. The first-order valence-corrected chi connectivity index (χ1v) is 2.96. The molecule has 0 aliphatic heterocycles. The monoisotopic (exact) mass is 120 g/mol. The molecule has 0 atom stereocenters. The van der Waals surface area contributed by atoms with Gasteiger partial charge in [0.25, 0.3) is 0 Å². The van der Waals surface area contributed by atoms with Gasteiger partial charge < -0.3 is 0 Å². The van der Waals surface area contributed by atoms with Crippen molar-refractivity contribution in [3.05, 3.63) is 0 Å². The van der Waals surface area contributed by atoms with Crippen LogP contribution in [-0.2, 0) is 4.79 Å². The third-order valence-electron chi connectivity index (χ3n) is 0.334.